The van der Waals surface area contributed by atoms with Gasteiger partial charge in [0.25, 0.3) is 0 Å². The van der Waals surface area contributed by atoms with Gasteiger partial charge in [0, 0.05) is 18.1 Å². The van der Waals surface area contributed by atoms with Gasteiger partial charge in [-0.25, -0.2) is 4.98 Å². The number of hydrogen-bond donors (Lipinski definition) is 0. The van der Waals surface area contributed by atoms with Crippen molar-refractivity contribution in [1.82, 2.24) is 9.55 Å². The van der Waals surface area contributed by atoms with Crippen molar-refractivity contribution in [3.8, 4) is 17.2 Å². The summed E-state index contributed by atoms with van der Waals surface area (Å²) in [5.74, 6) is 0.745. The molecule has 5 nitrogen and oxygen atoms in total. The van der Waals surface area contributed by atoms with Crippen molar-refractivity contribution in [3.05, 3.63) is 66.0 Å². The third-order valence-electron chi connectivity index (χ3n) is 3.99. The molecule has 0 saturated carbocycles. The number of esters is 1. The molecular weight excluding hydrogens is 348 g/mol. The maximum Gasteiger partial charge on any atom is 0.321 e. The third kappa shape index (κ3) is 4.08. The summed E-state index contributed by atoms with van der Waals surface area (Å²) in [4.78, 5) is 16.5. The maximum absolute atomic E-state index is 12.2. The van der Waals surface area contributed by atoms with E-state index in [1.807, 2.05) is 22.9 Å². The van der Waals surface area contributed by atoms with Crippen LogP contribution in [0.2, 0.25) is 0 Å². The van der Waals surface area contributed by atoms with Crippen LogP contribution in [0.3, 0.4) is 0 Å². The highest BCUT2D eigenvalue weighted by molar-refractivity contribution is 7.99. The Kier molecular flexibility index (Phi) is 5.63. The molecule has 0 aliphatic heterocycles. The number of para-hydroxylation sites is 2. The first-order valence-electron chi connectivity index (χ1n) is 8.16. The van der Waals surface area contributed by atoms with E-state index in [-0.39, 0.29) is 11.7 Å². The number of thioether (sulfide) groups is 1. The molecule has 1 aromatic heterocycles. The second-order valence-corrected chi connectivity index (χ2v) is 6.70. The van der Waals surface area contributed by atoms with Crippen LogP contribution in [0.1, 0.15) is 11.1 Å². The standard InChI is InChI=1S/C20H20N2O3S/c1-14-8-9-16(12-15(14)2)22-11-10-21-20(22)26-13-19(23)25-18-7-5-4-6-17(18)24-3/h4-12H,13H2,1-3H3. The highest BCUT2D eigenvalue weighted by Crippen LogP contribution is 2.27. The Balaban J connectivity index is 1.68. The summed E-state index contributed by atoms with van der Waals surface area (Å²) in [6, 6.07) is 13.3. The molecule has 0 aliphatic carbocycles. The maximum atomic E-state index is 12.2. The zero-order valence-electron chi connectivity index (χ0n) is 14.9. The molecule has 26 heavy (non-hydrogen) atoms. The number of nitrogens with zero attached hydrogens (tertiary/aromatic N) is 2. The summed E-state index contributed by atoms with van der Waals surface area (Å²) in [6.45, 7) is 4.16. The number of aryl methyl sites for hydroxylation is 2. The van der Waals surface area contributed by atoms with Gasteiger partial charge in [-0.2, -0.15) is 0 Å². The molecule has 0 spiro atoms. The zero-order valence-corrected chi connectivity index (χ0v) is 15.7. The van der Waals surface area contributed by atoms with E-state index in [4.69, 9.17) is 9.47 Å². The van der Waals surface area contributed by atoms with E-state index in [2.05, 4.69) is 31.0 Å². The molecule has 0 unspecified atom stereocenters. The molecule has 0 saturated heterocycles. The average Bonchev–Trinajstić information content (AvgIpc) is 3.11. The minimum absolute atomic E-state index is 0.153. The van der Waals surface area contributed by atoms with Crippen LogP contribution in [0, 0.1) is 13.8 Å². The number of imidazole rings is 1. The number of methoxy groups -OCH3 is 1. The first-order valence-corrected chi connectivity index (χ1v) is 9.14. The van der Waals surface area contributed by atoms with Gasteiger partial charge < -0.3 is 9.47 Å². The van der Waals surface area contributed by atoms with Gasteiger partial charge in [0.05, 0.1) is 12.9 Å². The summed E-state index contributed by atoms with van der Waals surface area (Å²) in [5, 5.41) is 0.741. The molecule has 0 radical (unpaired) electrons. The summed E-state index contributed by atoms with van der Waals surface area (Å²) >= 11 is 1.34. The van der Waals surface area contributed by atoms with Crippen molar-refractivity contribution in [3.63, 3.8) is 0 Å². The number of carbonyl (C=O) groups is 1. The normalized spacial score (nSPS) is 10.6. The predicted molar refractivity (Wildman–Crippen MR) is 102 cm³/mol. The van der Waals surface area contributed by atoms with Gasteiger partial charge in [0.1, 0.15) is 0 Å². The lowest BCUT2D eigenvalue weighted by Crippen LogP contribution is -2.12. The molecule has 1 heterocycles. The highest BCUT2D eigenvalue weighted by Gasteiger charge is 2.13. The molecule has 2 aromatic carbocycles. The van der Waals surface area contributed by atoms with Crippen LogP contribution < -0.4 is 9.47 Å². The molecule has 0 atom stereocenters. The summed E-state index contributed by atoms with van der Waals surface area (Å²) in [6.07, 6.45) is 3.61. The minimum Gasteiger partial charge on any atom is -0.493 e. The molecule has 3 rings (SSSR count). The fourth-order valence-corrected chi connectivity index (χ4v) is 3.19. The predicted octanol–water partition coefficient (Wildman–Crippen LogP) is 4.20. The van der Waals surface area contributed by atoms with Crippen molar-refractivity contribution in [2.45, 2.75) is 19.0 Å². The quantitative estimate of drug-likeness (QED) is 0.371. The van der Waals surface area contributed by atoms with Crippen LogP contribution in [0.15, 0.2) is 60.0 Å². The fourth-order valence-electron chi connectivity index (χ4n) is 2.45. The molecule has 0 N–H and O–H groups in total. The summed E-state index contributed by atoms with van der Waals surface area (Å²) in [5.41, 5.74) is 3.47. The summed E-state index contributed by atoms with van der Waals surface area (Å²) in [7, 11) is 1.54. The Morgan fingerprint density at radius 2 is 1.88 bits per heavy atom. The minimum atomic E-state index is -0.353. The molecule has 6 heteroatoms. The van der Waals surface area contributed by atoms with Crippen molar-refractivity contribution in [2.75, 3.05) is 12.9 Å². The third-order valence-corrected chi connectivity index (χ3v) is 4.93. The largest absolute Gasteiger partial charge is 0.493 e. The Labute approximate surface area is 157 Å². The Hall–Kier alpha value is -2.73. The molecule has 0 fully saturated rings. The molecule has 3 aromatic rings. The van der Waals surface area contributed by atoms with Crippen LogP contribution >= 0.6 is 11.8 Å². The second-order valence-electron chi connectivity index (χ2n) is 5.76. The first kappa shape index (κ1) is 18.1. The number of ether oxygens (including phenoxy) is 2. The Bertz CT molecular complexity index is 921. The number of aromatic nitrogens is 2. The Morgan fingerprint density at radius 1 is 1.12 bits per heavy atom. The second kappa shape index (κ2) is 8.10. The van der Waals surface area contributed by atoms with Crippen molar-refractivity contribution >= 4 is 17.7 Å². The van der Waals surface area contributed by atoms with Gasteiger partial charge in [0.15, 0.2) is 16.7 Å². The molecular formula is C20H20N2O3S. The van der Waals surface area contributed by atoms with E-state index < -0.39 is 0 Å². The van der Waals surface area contributed by atoms with E-state index in [0.29, 0.717) is 11.5 Å². The monoisotopic (exact) mass is 368 g/mol. The van der Waals surface area contributed by atoms with Gasteiger partial charge in [-0.1, -0.05) is 30.0 Å². The first-order chi connectivity index (χ1) is 12.6. The smallest absolute Gasteiger partial charge is 0.321 e. The lowest BCUT2D eigenvalue weighted by molar-refractivity contribution is -0.131. The molecule has 134 valence electrons. The van der Waals surface area contributed by atoms with Gasteiger partial charge >= 0.3 is 5.97 Å². The number of rotatable bonds is 6. The molecule has 0 amide bonds. The van der Waals surface area contributed by atoms with E-state index in [1.54, 1.807) is 31.5 Å². The van der Waals surface area contributed by atoms with Gasteiger partial charge in [-0.05, 0) is 49.2 Å². The van der Waals surface area contributed by atoms with Crippen LogP contribution in [-0.2, 0) is 4.79 Å². The number of benzene rings is 2. The topological polar surface area (TPSA) is 53.4 Å². The Morgan fingerprint density at radius 3 is 2.62 bits per heavy atom. The zero-order chi connectivity index (χ0) is 18.5. The van der Waals surface area contributed by atoms with E-state index in [1.165, 1.54) is 22.9 Å². The fraction of sp³-hybridized carbons (Fsp3) is 0.200. The lowest BCUT2D eigenvalue weighted by atomic mass is 10.1. The average molecular weight is 368 g/mol. The van der Waals surface area contributed by atoms with Crippen LogP contribution in [0.4, 0.5) is 0 Å². The van der Waals surface area contributed by atoms with Crippen LogP contribution in [0.25, 0.3) is 5.69 Å². The highest BCUT2D eigenvalue weighted by atomic mass is 32.2. The number of carbonyl (C=O) groups excluding carboxylic acids is 1. The summed E-state index contributed by atoms with van der Waals surface area (Å²) < 4.78 is 12.6. The van der Waals surface area contributed by atoms with Gasteiger partial charge in [0.2, 0.25) is 0 Å². The van der Waals surface area contributed by atoms with Crippen molar-refractivity contribution < 1.29 is 14.3 Å². The van der Waals surface area contributed by atoms with Crippen LogP contribution in [-0.4, -0.2) is 28.4 Å². The number of hydrogen-bond acceptors (Lipinski definition) is 5. The lowest BCUT2D eigenvalue weighted by Gasteiger charge is -2.10. The molecule has 0 aliphatic rings. The van der Waals surface area contributed by atoms with Gasteiger partial charge in [-0.15, -0.1) is 0 Å². The molecule has 0 bridgehead atoms. The van der Waals surface area contributed by atoms with E-state index in [9.17, 15) is 4.79 Å². The van der Waals surface area contributed by atoms with Crippen LogP contribution in [0.5, 0.6) is 11.5 Å². The van der Waals surface area contributed by atoms with E-state index in [0.717, 1.165) is 10.8 Å². The van der Waals surface area contributed by atoms with Gasteiger partial charge in [-0.3, -0.25) is 9.36 Å². The SMILES string of the molecule is COc1ccccc1OC(=O)CSc1nccn1-c1ccc(C)c(C)c1. The van der Waals surface area contributed by atoms with Crippen molar-refractivity contribution in [1.29, 1.82) is 0 Å². The van der Waals surface area contributed by atoms with Crippen molar-refractivity contribution in [2.24, 2.45) is 0 Å². The van der Waals surface area contributed by atoms with E-state index >= 15 is 0 Å².